The number of benzene rings is 2. The molecule has 1 nitrogen and oxygen atoms in total. The van der Waals surface area contributed by atoms with Crippen molar-refractivity contribution in [2.75, 3.05) is 5.88 Å². The maximum atomic E-state index is 13.5. The molecule has 0 saturated carbocycles. The van der Waals surface area contributed by atoms with Gasteiger partial charge in [-0.2, -0.15) is 0 Å². The van der Waals surface area contributed by atoms with Crippen LogP contribution in [0.3, 0.4) is 0 Å². The number of hydrogen-bond acceptors (Lipinski definition) is 1. The second-order valence-electron chi connectivity index (χ2n) is 4.23. The number of para-hydroxylation sites is 1. The van der Waals surface area contributed by atoms with Crippen LogP contribution in [-0.4, -0.2) is 5.88 Å². The summed E-state index contributed by atoms with van der Waals surface area (Å²) in [6.45, 7) is -0.188. The first-order valence-corrected chi connectivity index (χ1v) is 6.95. The molecule has 21 heavy (non-hydrogen) atoms. The van der Waals surface area contributed by atoms with E-state index >= 15 is 0 Å². The molecule has 0 N–H and O–H groups in total. The van der Waals surface area contributed by atoms with Crippen molar-refractivity contribution < 1.29 is 13.5 Å². The molecule has 2 rings (SSSR count). The number of ether oxygens (including phenoxy) is 1. The molecule has 0 radical (unpaired) electrons. The average Bonchev–Trinajstić information content (AvgIpc) is 2.48. The van der Waals surface area contributed by atoms with E-state index in [1.54, 1.807) is 18.2 Å². The summed E-state index contributed by atoms with van der Waals surface area (Å²) < 4.78 is 32.6. The van der Waals surface area contributed by atoms with E-state index in [1.807, 2.05) is 6.07 Å². The lowest BCUT2D eigenvalue weighted by atomic mass is 10.2. The van der Waals surface area contributed by atoms with E-state index in [2.05, 4.69) is 11.8 Å². The van der Waals surface area contributed by atoms with Crippen LogP contribution in [0.25, 0.3) is 0 Å². The maximum Gasteiger partial charge on any atom is 0.135 e. The van der Waals surface area contributed by atoms with Gasteiger partial charge in [-0.25, -0.2) is 8.78 Å². The number of halogens is 3. The molecule has 0 aliphatic rings. The lowest BCUT2D eigenvalue weighted by molar-refractivity contribution is 0.292. The lowest BCUT2D eigenvalue weighted by Crippen LogP contribution is -2.02. The van der Waals surface area contributed by atoms with Gasteiger partial charge in [-0.3, -0.25) is 0 Å². The highest BCUT2D eigenvalue weighted by Gasteiger charge is 2.10. The summed E-state index contributed by atoms with van der Waals surface area (Å²) >= 11 is 5.57. The summed E-state index contributed by atoms with van der Waals surface area (Å²) in [5.74, 6) is 5.53. The van der Waals surface area contributed by atoms with Gasteiger partial charge < -0.3 is 4.74 Å². The summed E-state index contributed by atoms with van der Waals surface area (Å²) in [6.07, 6.45) is 0.567. The zero-order valence-corrected chi connectivity index (χ0v) is 12.0. The van der Waals surface area contributed by atoms with Crippen LogP contribution in [-0.2, 0) is 6.61 Å². The molecule has 0 fully saturated rings. The molecule has 0 aromatic heterocycles. The SMILES string of the molecule is Fc1cccc(F)c1COc1ccccc1C#CCCCl. The molecule has 2 aromatic rings. The van der Waals surface area contributed by atoms with Crippen molar-refractivity contribution in [3.05, 3.63) is 65.2 Å². The van der Waals surface area contributed by atoms with Crippen LogP contribution < -0.4 is 4.74 Å². The minimum atomic E-state index is -0.624. The highest BCUT2D eigenvalue weighted by molar-refractivity contribution is 6.18. The van der Waals surface area contributed by atoms with Gasteiger partial charge in [0.15, 0.2) is 0 Å². The Morgan fingerprint density at radius 2 is 1.71 bits per heavy atom. The Bertz CT molecular complexity index is 654. The van der Waals surface area contributed by atoms with Gasteiger partial charge in [0.2, 0.25) is 0 Å². The molecular weight excluding hydrogens is 294 g/mol. The van der Waals surface area contributed by atoms with Crippen LogP contribution >= 0.6 is 11.6 Å². The molecule has 0 saturated heterocycles. The first kappa shape index (κ1) is 15.3. The Kier molecular flexibility index (Phi) is 5.59. The van der Waals surface area contributed by atoms with Crippen molar-refractivity contribution in [1.29, 1.82) is 0 Å². The molecule has 0 spiro atoms. The van der Waals surface area contributed by atoms with Crippen LogP contribution in [0, 0.1) is 23.5 Å². The predicted molar refractivity (Wildman–Crippen MR) is 79.3 cm³/mol. The highest BCUT2D eigenvalue weighted by Crippen LogP contribution is 2.20. The van der Waals surface area contributed by atoms with Crippen LogP contribution in [0.1, 0.15) is 17.5 Å². The number of hydrogen-bond donors (Lipinski definition) is 0. The molecule has 4 heteroatoms. The van der Waals surface area contributed by atoms with Gasteiger partial charge >= 0.3 is 0 Å². The van der Waals surface area contributed by atoms with E-state index < -0.39 is 11.6 Å². The monoisotopic (exact) mass is 306 g/mol. The molecule has 0 heterocycles. The molecule has 2 aromatic carbocycles. The highest BCUT2D eigenvalue weighted by atomic mass is 35.5. The van der Waals surface area contributed by atoms with Gasteiger partial charge in [-0.15, -0.1) is 11.6 Å². The van der Waals surface area contributed by atoms with Crippen LogP contribution in [0.4, 0.5) is 8.78 Å². The maximum absolute atomic E-state index is 13.5. The Labute approximate surface area is 127 Å². The Morgan fingerprint density at radius 3 is 2.43 bits per heavy atom. The van der Waals surface area contributed by atoms with Gasteiger partial charge in [0.25, 0.3) is 0 Å². The summed E-state index contributed by atoms with van der Waals surface area (Å²) in [5, 5.41) is 0. The molecule has 0 bridgehead atoms. The van der Waals surface area contributed by atoms with Gasteiger partial charge in [0.1, 0.15) is 24.0 Å². The van der Waals surface area contributed by atoms with Crippen molar-refractivity contribution in [2.45, 2.75) is 13.0 Å². The molecule has 0 atom stereocenters. The molecular formula is C17H13ClF2O. The third kappa shape index (κ3) is 4.21. The molecule has 0 unspecified atom stereocenters. The van der Waals surface area contributed by atoms with E-state index in [-0.39, 0.29) is 12.2 Å². The van der Waals surface area contributed by atoms with Gasteiger partial charge in [-0.05, 0) is 24.3 Å². The normalized spacial score (nSPS) is 9.86. The van der Waals surface area contributed by atoms with Crippen molar-refractivity contribution in [1.82, 2.24) is 0 Å². The van der Waals surface area contributed by atoms with Crippen molar-refractivity contribution in [3.63, 3.8) is 0 Å². The summed E-state index contributed by atoms with van der Waals surface area (Å²) in [4.78, 5) is 0. The minimum Gasteiger partial charge on any atom is -0.487 e. The van der Waals surface area contributed by atoms with Crippen molar-refractivity contribution >= 4 is 11.6 Å². The summed E-state index contributed by atoms with van der Waals surface area (Å²) in [7, 11) is 0. The third-order valence-electron chi connectivity index (χ3n) is 2.76. The standard InChI is InChI=1S/C17H13ClF2O/c18-11-4-3-7-13-6-1-2-10-17(13)21-12-14-15(19)8-5-9-16(14)20/h1-2,5-6,8-10H,4,11-12H2. The predicted octanol–water partition coefficient (Wildman–Crippen LogP) is 4.52. The van der Waals surface area contributed by atoms with Crippen LogP contribution in [0.15, 0.2) is 42.5 Å². The van der Waals surface area contributed by atoms with E-state index in [1.165, 1.54) is 18.2 Å². The third-order valence-corrected chi connectivity index (χ3v) is 2.95. The smallest absolute Gasteiger partial charge is 0.135 e. The van der Waals surface area contributed by atoms with E-state index in [9.17, 15) is 8.78 Å². The van der Waals surface area contributed by atoms with Gasteiger partial charge in [-0.1, -0.05) is 30.0 Å². The fourth-order valence-electron chi connectivity index (χ4n) is 1.72. The zero-order valence-electron chi connectivity index (χ0n) is 11.2. The van der Waals surface area contributed by atoms with E-state index in [0.29, 0.717) is 23.6 Å². The van der Waals surface area contributed by atoms with Gasteiger partial charge in [0, 0.05) is 12.3 Å². The molecule has 0 amide bonds. The second kappa shape index (κ2) is 7.66. The summed E-state index contributed by atoms with van der Waals surface area (Å²) in [5.41, 5.74) is 0.570. The second-order valence-corrected chi connectivity index (χ2v) is 4.60. The van der Waals surface area contributed by atoms with Crippen molar-refractivity contribution in [2.24, 2.45) is 0 Å². The lowest BCUT2D eigenvalue weighted by Gasteiger charge is -2.09. The topological polar surface area (TPSA) is 9.23 Å². The largest absolute Gasteiger partial charge is 0.487 e. The van der Waals surface area contributed by atoms with E-state index in [4.69, 9.17) is 16.3 Å². The Balaban J connectivity index is 2.16. The average molecular weight is 307 g/mol. The number of rotatable bonds is 4. The fraction of sp³-hybridized carbons (Fsp3) is 0.176. The fourth-order valence-corrected chi connectivity index (χ4v) is 1.82. The molecule has 108 valence electrons. The minimum absolute atomic E-state index is 0.0963. The molecule has 0 aliphatic carbocycles. The molecule has 0 aliphatic heterocycles. The van der Waals surface area contributed by atoms with Gasteiger partial charge in [0.05, 0.1) is 11.1 Å². The first-order valence-electron chi connectivity index (χ1n) is 6.42. The first-order chi connectivity index (χ1) is 10.2. The number of alkyl halides is 1. The Morgan fingerprint density at radius 1 is 1.00 bits per heavy atom. The summed E-state index contributed by atoms with van der Waals surface area (Å²) in [6, 6.07) is 10.8. The van der Waals surface area contributed by atoms with Crippen LogP contribution in [0.2, 0.25) is 0 Å². The zero-order chi connectivity index (χ0) is 15.1. The van der Waals surface area contributed by atoms with Crippen LogP contribution in [0.5, 0.6) is 5.75 Å². The Hall–Kier alpha value is -2.05. The van der Waals surface area contributed by atoms with E-state index in [0.717, 1.165) is 0 Å². The quantitative estimate of drug-likeness (QED) is 0.596. The van der Waals surface area contributed by atoms with Crippen molar-refractivity contribution in [3.8, 4) is 17.6 Å².